The summed E-state index contributed by atoms with van der Waals surface area (Å²) in [6.07, 6.45) is 0.461. The van der Waals surface area contributed by atoms with Crippen LogP contribution < -0.4 is 0 Å². The number of nitrogens with zero attached hydrogens (tertiary/aromatic N) is 1. The summed E-state index contributed by atoms with van der Waals surface area (Å²) in [4.78, 5) is 25.4. The predicted octanol–water partition coefficient (Wildman–Crippen LogP) is 1.97. The molecule has 0 radical (unpaired) electrons. The lowest BCUT2D eigenvalue weighted by atomic mass is 10.2. The monoisotopic (exact) mass is 287 g/mol. The van der Waals surface area contributed by atoms with Crippen LogP contribution in [0, 0.1) is 0 Å². The molecule has 0 aromatic rings. The van der Waals surface area contributed by atoms with Gasteiger partial charge in [-0.25, -0.2) is 4.79 Å². The highest BCUT2D eigenvalue weighted by atomic mass is 16.6. The maximum Gasteiger partial charge on any atom is 0.410 e. The topological polar surface area (TPSA) is 65.1 Å². The summed E-state index contributed by atoms with van der Waals surface area (Å²) in [7, 11) is 0. The van der Waals surface area contributed by atoms with Crippen molar-refractivity contribution in [3.8, 4) is 0 Å². The number of amides is 1. The van der Waals surface area contributed by atoms with Gasteiger partial charge in [-0.2, -0.15) is 0 Å². The maximum absolute atomic E-state index is 12.2. The molecule has 6 heteroatoms. The van der Waals surface area contributed by atoms with E-state index in [9.17, 15) is 9.59 Å². The van der Waals surface area contributed by atoms with Crippen molar-refractivity contribution in [2.24, 2.45) is 0 Å². The third kappa shape index (κ3) is 5.77. The third-order valence-electron chi connectivity index (χ3n) is 2.77. The van der Waals surface area contributed by atoms with Crippen LogP contribution in [-0.2, 0) is 19.0 Å². The van der Waals surface area contributed by atoms with Crippen molar-refractivity contribution in [1.82, 2.24) is 4.90 Å². The first-order valence-electron chi connectivity index (χ1n) is 7.06. The van der Waals surface area contributed by atoms with Crippen LogP contribution >= 0.6 is 0 Å². The Bertz CT molecular complexity index is 337. The fraction of sp³-hybridized carbons (Fsp3) is 0.857. The standard InChI is InChI=1S/C14H25NO5/c1-5-19-12(16)9-11-10-18-8-6-7-15(11)13(17)20-14(2,3)4/h11H,5-10H2,1-4H3. The van der Waals surface area contributed by atoms with Crippen molar-refractivity contribution >= 4 is 12.1 Å². The van der Waals surface area contributed by atoms with Crippen molar-refractivity contribution in [2.75, 3.05) is 26.4 Å². The van der Waals surface area contributed by atoms with Crippen LogP contribution in [0.5, 0.6) is 0 Å². The van der Waals surface area contributed by atoms with E-state index >= 15 is 0 Å². The Labute approximate surface area is 120 Å². The summed E-state index contributed by atoms with van der Waals surface area (Å²) >= 11 is 0. The minimum Gasteiger partial charge on any atom is -0.466 e. The van der Waals surface area contributed by atoms with Gasteiger partial charge in [0, 0.05) is 13.2 Å². The highest BCUT2D eigenvalue weighted by molar-refractivity contribution is 5.73. The zero-order valence-electron chi connectivity index (χ0n) is 12.8. The van der Waals surface area contributed by atoms with Crippen molar-refractivity contribution in [1.29, 1.82) is 0 Å². The molecular formula is C14H25NO5. The van der Waals surface area contributed by atoms with Crippen molar-refractivity contribution in [3.63, 3.8) is 0 Å². The molecule has 116 valence electrons. The number of carbonyl (C=O) groups excluding carboxylic acids is 2. The summed E-state index contributed by atoms with van der Waals surface area (Å²) in [6.45, 7) is 8.99. The molecule has 0 bridgehead atoms. The fourth-order valence-electron chi connectivity index (χ4n) is 1.97. The van der Waals surface area contributed by atoms with E-state index in [-0.39, 0.29) is 18.4 Å². The average Bonchev–Trinajstić information content (AvgIpc) is 2.52. The van der Waals surface area contributed by atoms with E-state index in [1.807, 2.05) is 20.8 Å². The number of carbonyl (C=O) groups is 2. The van der Waals surface area contributed by atoms with Crippen LogP contribution in [0.3, 0.4) is 0 Å². The molecule has 20 heavy (non-hydrogen) atoms. The maximum atomic E-state index is 12.2. The lowest BCUT2D eigenvalue weighted by Gasteiger charge is -2.31. The van der Waals surface area contributed by atoms with E-state index in [1.54, 1.807) is 11.8 Å². The van der Waals surface area contributed by atoms with E-state index < -0.39 is 11.7 Å². The summed E-state index contributed by atoms with van der Waals surface area (Å²) in [6, 6.07) is -0.327. The number of hydrogen-bond acceptors (Lipinski definition) is 5. The van der Waals surface area contributed by atoms with Crippen molar-refractivity contribution in [2.45, 2.75) is 52.2 Å². The molecule has 1 amide bonds. The number of rotatable bonds is 3. The van der Waals surface area contributed by atoms with Gasteiger partial charge in [0.1, 0.15) is 5.60 Å². The van der Waals surface area contributed by atoms with Crippen molar-refractivity contribution in [3.05, 3.63) is 0 Å². The van der Waals surface area contributed by atoms with E-state index in [4.69, 9.17) is 14.2 Å². The first-order chi connectivity index (χ1) is 9.33. The molecule has 0 aromatic heterocycles. The Morgan fingerprint density at radius 3 is 2.65 bits per heavy atom. The van der Waals surface area contributed by atoms with Crippen LogP contribution in [0.1, 0.15) is 40.5 Å². The second-order valence-corrected chi connectivity index (χ2v) is 5.77. The molecule has 1 aliphatic rings. The van der Waals surface area contributed by atoms with Gasteiger partial charge in [0.05, 0.1) is 25.7 Å². The molecule has 0 saturated carbocycles. The van der Waals surface area contributed by atoms with Gasteiger partial charge in [0.2, 0.25) is 0 Å². The third-order valence-corrected chi connectivity index (χ3v) is 2.77. The minimum atomic E-state index is -0.557. The van der Waals surface area contributed by atoms with Crippen LogP contribution in [0.15, 0.2) is 0 Å². The smallest absolute Gasteiger partial charge is 0.410 e. The van der Waals surface area contributed by atoms with Gasteiger partial charge in [-0.3, -0.25) is 4.79 Å². The Morgan fingerprint density at radius 1 is 1.35 bits per heavy atom. The second-order valence-electron chi connectivity index (χ2n) is 5.77. The zero-order valence-corrected chi connectivity index (χ0v) is 12.8. The lowest BCUT2D eigenvalue weighted by Crippen LogP contribution is -2.45. The van der Waals surface area contributed by atoms with E-state index in [0.717, 1.165) is 6.42 Å². The molecule has 1 heterocycles. The molecule has 1 fully saturated rings. The summed E-state index contributed by atoms with van der Waals surface area (Å²) in [5.74, 6) is -0.323. The number of ether oxygens (including phenoxy) is 3. The molecule has 1 rings (SSSR count). The van der Waals surface area contributed by atoms with Gasteiger partial charge < -0.3 is 19.1 Å². The molecule has 1 aliphatic heterocycles. The molecule has 0 aliphatic carbocycles. The van der Waals surface area contributed by atoms with Gasteiger partial charge in [0.25, 0.3) is 0 Å². The van der Waals surface area contributed by atoms with E-state index in [0.29, 0.717) is 26.4 Å². The summed E-state index contributed by atoms with van der Waals surface area (Å²) in [5.41, 5.74) is -0.557. The van der Waals surface area contributed by atoms with Gasteiger partial charge in [0.15, 0.2) is 0 Å². The van der Waals surface area contributed by atoms with Gasteiger partial charge in [-0.1, -0.05) is 0 Å². The Morgan fingerprint density at radius 2 is 2.05 bits per heavy atom. The van der Waals surface area contributed by atoms with Crippen LogP contribution in [-0.4, -0.2) is 55.0 Å². The van der Waals surface area contributed by atoms with Crippen molar-refractivity contribution < 1.29 is 23.8 Å². The minimum absolute atomic E-state index is 0.132. The molecule has 1 atom stereocenters. The SMILES string of the molecule is CCOC(=O)CC1COCCCN1C(=O)OC(C)(C)C. The van der Waals surface area contributed by atoms with E-state index in [1.165, 1.54) is 0 Å². The largest absolute Gasteiger partial charge is 0.466 e. The number of esters is 1. The predicted molar refractivity (Wildman–Crippen MR) is 73.4 cm³/mol. The van der Waals surface area contributed by atoms with Gasteiger partial charge >= 0.3 is 12.1 Å². The van der Waals surface area contributed by atoms with E-state index in [2.05, 4.69) is 0 Å². The Kier molecular flexibility index (Phi) is 6.26. The molecule has 1 unspecified atom stereocenters. The first-order valence-corrected chi connectivity index (χ1v) is 7.06. The summed E-state index contributed by atoms with van der Waals surface area (Å²) < 4.78 is 15.8. The highest BCUT2D eigenvalue weighted by Gasteiger charge is 2.31. The highest BCUT2D eigenvalue weighted by Crippen LogP contribution is 2.17. The first kappa shape index (κ1) is 16.8. The second kappa shape index (κ2) is 7.47. The van der Waals surface area contributed by atoms with Crippen LogP contribution in [0.4, 0.5) is 4.79 Å². The Hall–Kier alpha value is -1.30. The zero-order chi connectivity index (χ0) is 15.2. The molecule has 0 N–H and O–H groups in total. The lowest BCUT2D eigenvalue weighted by molar-refractivity contribution is -0.144. The average molecular weight is 287 g/mol. The molecular weight excluding hydrogens is 262 g/mol. The van der Waals surface area contributed by atoms with Crippen LogP contribution in [0.25, 0.3) is 0 Å². The summed E-state index contributed by atoms with van der Waals surface area (Å²) in [5, 5.41) is 0. The number of hydrogen-bond donors (Lipinski definition) is 0. The van der Waals surface area contributed by atoms with Gasteiger partial charge in [-0.15, -0.1) is 0 Å². The molecule has 1 saturated heterocycles. The molecule has 6 nitrogen and oxygen atoms in total. The normalized spacial score (nSPS) is 20.2. The quantitative estimate of drug-likeness (QED) is 0.742. The molecule has 0 aromatic carbocycles. The fourth-order valence-corrected chi connectivity index (χ4v) is 1.97. The Balaban J connectivity index is 2.70. The van der Waals surface area contributed by atoms with Gasteiger partial charge in [-0.05, 0) is 34.1 Å². The van der Waals surface area contributed by atoms with Crippen LogP contribution in [0.2, 0.25) is 0 Å². The molecule has 0 spiro atoms.